The Balaban J connectivity index is 0. The number of ether oxygens (including phenoxy) is 1. The topological polar surface area (TPSA) is 57.2 Å². The van der Waals surface area contributed by atoms with Crippen LogP contribution in [0.4, 0.5) is 0 Å². The van der Waals surface area contributed by atoms with Gasteiger partial charge in [-0.25, -0.2) is 0 Å². The first-order valence-corrected chi connectivity index (χ1v) is 15.2. The molecule has 200 valence electrons. The van der Waals surface area contributed by atoms with Crippen molar-refractivity contribution in [2.75, 3.05) is 48.6 Å². The zero-order chi connectivity index (χ0) is 25.2. The van der Waals surface area contributed by atoms with Crippen molar-refractivity contribution >= 4 is 14.8 Å². The van der Waals surface area contributed by atoms with E-state index in [0.717, 1.165) is 25.4 Å². The molecule has 0 aromatic carbocycles. The molecular formula is C26H57NO5Si. The van der Waals surface area contributed by atoms with Crippen molar-refractivity contribution in [2.45, 2.75) is 116 Å². The maximum atomic E-state index is 10.6. The number of hydrogen-bond donors (Lipinski definition) is 0. The van der Waals surface area contributed by atoms with Crippen LogP contribution >= 0.6 is 0 Å². The molecule has 0 aliphatic rings. The third-order valence-corrected chi connectivity index (χ3v) is 8.66. The number of rotatable bonds is 22. The van der Waals surface area contributed by atoms with Crippen molar-refractivity contribution in [3.8, 4) is 0 Å². The SMILES string of the molecule is CCCCCCCCCCCCCCCCOC(C)=O.CO[Si](CCCN(C)C)(OC)OC. The van der Waals surface area contributed by atoms with Gasteiger partial charge in [0.05, 0.1) is 6.61 Å². The minimum atomic E-state index is -2.31. The minimum absolute atomic E-state index is 0.153. The molecule has 0 fully saturated rings. The first kappa shape index (κ1) is 34.7. The van der Waals surface area contributed by atoms with Crippen molar-refractivity contribution in [1.82, 2.24) is 4.90 Å². The lowest BCUT2D eigenvalue weighted by Crippen LogP contribution is -2.43. The molecule has 0 rings (SSSR count). The number of nitrogens with zero attached hydrogens (tertiary/aromatic N) is 1. The van der Waals surface area contributed by atoms with Crippen molar-refractivity contribution in [1.29, 1.82) is 0 Å². The van der Waals surface area contributed by atoms with E-state index < -0.39 is 8.80 Å². The van der Waals surface area contributed by atoms with E-state index in [0.29, 0.717) is 6.61 Å². The number of carbonyl (C=O) groups is 1. The summed E-state index contributed by atoms with van der Waals surface area (Å²) in [6.45, 7) is 5.39. The highest BCUT2D eigenvalue weighted by Crippen LogP contribution is 2.15. The fourth-order valence-corrected chi connectivity index (χ4v) is 5.38. The van der Waals surface area contributed by atoms with Gasteiger partial charge in [0, 0.05) is 34.3 Å². The molecule has 0 amide bonds. The molecule has 0 aromatic heterocycles. The fraction of sp³-hybridized carbons (Fsp3) is 0.962. The van der Waals surface area contributed by atoms with Gasteiger partial charge in [0.15, 0.2) is 0 Å². The Hall–Kier alpha value is -0.473. The van der Waals surface area contributed by atoms with Gasteiger partial charge in [-0.05, 0) is 33.5 Å². The van der Waals surface area contributed by atoms with Gasteiger partial charge in [-0.2, -0.15) is 0 Å². The molecule has 0 unspecified atom stereocenters. The van der Waals surface area contributed by atoms with Crippen LogP contribution in [0, 0.1) is 0 Å². The lowest BCUT2D eigenvalue weighted by molar-refractivity contribution is -0.141. The molecule has 0 aliphatic carbocycles. The molecule has 33 heavy (non-hydrogen) atoms. The van der Waals surface area contributed by atoms with Crippen LogP contribution in [0.5, 0.6) is 0 Å². The number of hydrogen-bond acceptors (Lipinski definition) is 6. The molecule has 7 heteroatoms. The van der Waals surface area contributed by atoms with Crippen molar-refractivity contribution < 1.29 is 22.8 Å². The Morgan fingerprint density at radius 2 is 1.06 bits per heavy atom. The maximum absolute atomic E-state index is 10.6. The molecule has 0 aliphatic heterocycles. The summed E-state index contributed by atoms with van der Waals surface area (Å²) < 4.78 is 20.8. The van der Waals surface area contributed by atoms with Gasteiger partial charge in [0.2, 0.25) is 0 Å². The average molecular weight is 492 g/mol. The van der Waals surface area contributed by atoms with Gasteiger partial charge in [-0.3, -0.25) is 4.79 Å². The van der Waals surface area contributed by atoms with E-state index in [2.05, 4.69) is 25.9 Å². The summed E-state index contributed by atoms with van der Waals surface area (Å²) in [7, 11) is 6.73. The molecular weight excluding hydrogens is 434 g/mol. The molecule has 0 saturated carbocycles. The molecule has 0 aromatic rings. The standard InChI is InChI=1S/C18H36O2.C8H21NO3Si/c1-3-4-5-6-7-8-9-10-11-12-13-14-15-16-17-20-18(2)19;1-9(2)7-6-8-13(10-3,11-4)12-5/h3-17H2,1-2H3;6-8H2,1-5H3. The fourth-order valence-electron chi connectivity index (χ4n) is 3.68. The van der Waals surface area contributed by atoms with Gasteiger partial charge in [-0.1, -0.05) is 90.4 Å². The van der Waals surface area contributed by atoms with Gasteiger partial charge in [0.25, 0.3) is 0 Å². The predicted octanol–water partition coefficient (Wildman–Crippen LogP) is 6.85. The Morgan fingerprint density at radius 3 is 1.39 bits per heavy atom. The molecule has 0 atom stereocenters. The summed E-state index contributed by atoms with van der Waals surface area (Å²) >= 11 is 0. The molecule has 6 nitrogen and oxygen atoms in total. The highest BCUT2D eigenvalue weighted by molar-refractivity contribution is 6.60. The molecule has 0 N–H and O–H groups in total. The van der Waals surface area contributed by atoms with Crippen LogP contribution in [0.25, 0.3) is 0 Å². The number of carbonyl (C=O) groups excluding carboxylic acids is 1. The molecule has 0 saturated heterocycles. The van der Waals surface area contributed by atoms with Gasteiger partial charge >= 0.3 is 14.8 Å². The Bertz CT molecular complexity index is 398. The van der Waals surface area contributed by atoms with E-state index in [1.165, 1.54) is 90.4 Å². The Kier molecular flexibility index (Phi) is 27.5. The highest BCUT2D eigenvalue weighted by atomic mass is 28.4. The van der Waals surface area contributed by atoms with Crippen LogP contribution in [-0.2, 0) is 22.8 Å². The summed E-state index contributed by atoms with van der Waals surface area (Å²) in [5, 5.41) is 0. The van der Waals surface area contributed by atoms with Gasteiger partial charge in [0.1, 0.15) is 0 Å². The van der Waals surface area contributed by atoms with Crippen LogP contribution < -0.4 is 0 Å². The minimum Gasteiger partial charge on any atom is -0.466 e. The van der Waals surface area contributed by atoms with Crippen LogP contribution in [0.1, 0.15) is 110 Å². The highest BCUT2D eigenvalue weighted by Gasteiger charge is 2.36. The first-order valence-electron chi connectivity index (χ1n) is 13.3. The average Bonchev–Trinajstić information content (AvgIpc) is 2.79. The zero-order valence-electron chi connectivity index (χ0n) is 23.2. The molecule has 0 heterocycles. The normalized spacial score (nSPS) is 11.4. The summed E-state index contributed by atoms with van der Waals surface area (Å²) in [6, 6.07) is 0.870. The molecule has 0 bridgehead atoms. The van der Waals surface area contributed by atoms with E-state index >= 15 is 0 Å². The second-order valence-corrected chi connectivity index (χ2v) is 12.2. The second kappa shape index (κ2) is 26.1. The number of unbranched alkanes of at least 4 members (excludes halogenated alkanes) is 13. The Morgan fingerprint density at radius 1 is 0.667 bits per heavy atom. The summed E-state index contributed by atoms with van der Waals surface area (Å²) in [4.78, 5) is 12.7. The molecule has 0 spiro atoms. The van der Waals surface area contributed by atoms with Gasteiger partial charge < -0.3 is 22.9 Å². The van der Waals surface area contributed by atoms with Crippen LogP contribution in [0.2, 0.25) is 6.04 Å². The largest absolute Gasteiger partial charge is 0.500 e. The zero-order valence-corrected chi connectivity index (χ0v) is 24.2. The summed E-state index contributed by atoms with van der Waals surface area (Å²) in [6.07, 6.45) is 20.0. The van der Waals surface area contributed by atoms with Gasteiger partial charge in [-0.15, -0.1) is 0 Å². The van der Waals surface area contributed by atoms with Crippen LogP contribution in [0.15, 0.2) is 0 Å². The summed E-state index contributed by atoms with van der Waals surface area (Å²) in [5.74, 6) is -0.153. The van der Waals surface area contributed by atoms with E-state index in [-0.39, 0.29) is 5.97 Å². The lowest BCUT2D eigenvalue weighted by Gasteiger charge is -2.24. The van der Waals surface area contributed by atoms with Crippen LogP contribution in [-0.4, -0.2) is 68.3 Å². The lowest BCUT2D eigenvalue weighted by atomic mass is 10.0. The van der Waals surface area contributed by atoms with Crippen LogP contribution in [0.3, 0.4) is 0 Å². The second-order valence-electron chi connectivity index (χ2n) is 9.14. The quantitative estimate of drug-likeness (QED) is 0.0938. The van der Waals surface area contributed by atoms with E-state index in [9.17, 15) is 4.79 Å². The maximum Gasteiger partial charge on any atom is 0.500 e. The van der Waals surface area contributed by atoms with E-state index in [4.69, 9.17) is 18.0 Å². The monoisotopic (exact) mass is 491 g/mol. The smallest absolute Gasteiger partial charge is 0.466 e. The predicted molar refractivity (Wildman–Crippen MR) is 142 cm³/mol. The van der Waals surface area contributed by atoms with Crippen molar-refractivity contribution in [3.63, 3.8) is 0 Å². The number of esters is 1. The third kappa shape index (κ3) is 26.0. The molecule has 0 radical (unpaired) electrons. The Labute approximate surface area is 207 Å². The van der Waals surface area contributed by atoms with E-state index in [1.54, 1.807) is 21.3 Å². The van der Waals surface area contributed by atoms with E-state index in [1.807, 2.05) is 0 Å². The van der Waals surface area contributed by atoms with Crippen molar-refractivity contribution in [3.05, 3.63) is 0 Å². The third-order valence-electron chi connectivity index (χ3n) is 5.82. The van der Waals surface area contributed by atoms with Crippen molar-refractivity contribution in [2.24, 2.45) is 0 Å². The first-order chi connectivity index (χ1) is 15.9. The summed E-state index contributed by atoms with van der Waals surface area (Å²) in [5.41, 5.74) is 0.